The SMILES string of the molecule is CCN1c2ccc(C(C)(C)C)cc2C[C@H](CCCO)[C@@H]1C1C=CC=CC1. The Morgan fingerprint density at radius 1 is 1.19 bits per heavy atom. The van der Waals surface area contributed by atoms with E-state index >= 15 is 0 Å². The van der Waals surface area contributed by atoms with E-state index in [4.69, 9.17) is 0 Å². The molecule has 0 amide bonds. The minimum atomic E-state index is 0.181. The molecular formula is C24H35NO. The number of allylic oxidation sites excluding steroid dienone is 3. The summed E-state index contributed by atoms with van der Waals surface area (Å²) in [6.45, 7) is 10.5. The average molecular weight is 354 g/mol. The molecule has 3 rings (SSSR count). The van der Waals surface area contributed by atoms with Crippen LogP contribution in [0.4, 0.5) is 5.69 Å². The van der Waals surface area contributed by atoms with E-state index in [0.29, 0.717) is 24.5 Å². The molecule has 2 aliphatic rings. The first-order chi connectivity index (χ1) is 12.5. The Hall–Kier alpha value is -1.54. The zero-order chi connectivity index (χ0) is 18.7. The van der Waals surface area contributed by atoms with Gasteiger partial charge in [0.25, 0.3) is 0 Å². The van der Waals surface area contributed by atoms with Crippen LogP contribution in [-0.2, 0) is 11.8 Å². The maximum Gasteiger partial charge on any atom is 0.0431 e. The Bertz CT molecular complexity index is 667. The summed E-state index contributed by atoms with van der Waals surface area (Å²) >= 11 is 0. The molecule has 26 heavy (non-hydrogen) atoms. The Morgan fingerprint density at radius 3 is 2.62 bits per heavy atom. The number of aliphatic hydroxyl groups excluding tert-OH is 1. The molecule has 0 saturated carbocycles. The average Bonchev–Trinajstić information content (AvgIpc) is 2.64. The molecule has 0 aromatic heterocycles. The van der Waals surface area contributed by atoms with Crippen molar-refractivity contribution in [2.45, 2.75) is 64.8 Å². The van der Waals surface area contributed by atoms with Crippen LogP contribution >= 0.6 is 0 Å². The highest BCUT2D eigenvalue weighted by Gasteiger charge is 2.37. The quantitative estimate of drug-likeness (QED) is 0.781. The predicted octanol–water partition coefficient (Wildman–Crippen LogP) is 5.26. The fourth-order valence-corrected chi connectivity index (χ4v) is 4.76. The third-order valence-corrected chi connectivity index (χ3v) is 6.11. The van der Waals surface area contributed by atoms with Crippen LogP contribution in [0, 0.1) is 11.8 Å². The summed E-state index contributed by atoms with van der Waals surface area (Å²) in [7, 11) is 0. The first-order valence-electron chi connectivity index (χ1n) is 10.3. The van der Waals surface area contributed by atoms with Crippen molar-refractivity contribution in [2.24, 2.45) is 11.8 Å². The van der Waals surface area contributed by atoms with Crippen LogP contribution < -0.4 is 4.90 Å². The summed E-state index contributed by atoms with van der Waals surface area (Å²) in [6.07, 6.45) is 13.3. The van der Waals surface area contributed by atoms with Crippen molar-refractivity contribution < 1.29 is 5.11 Å². The molecule has 142 valence electrons. The Morgan fingerprint density at radius 2 is 2.00 bits per heavy atom. The minimum Gasteiger partial charge on any atom is -0.396 e. The van der Waals surface area contributed by atoms with E-state index in [1.54, 1.807) is 0 Å². The van der Waals surface area contributed by atoms with Crippen molar-refractivity contribution in [3.05, 3.63) is 53.6 Å². The lowest BCUT2D eigenvalue weighted by Crippen LogP contribution is -2.49. The molecule has 0 radical (unpaired) electrons. The highest BCUT2D eigenvalue weighted by Crippen LogP contribution is 2.42. The summed E-state index contributed by atoms with van der Waals surface area (Å²) in [5.74, 6) is 1.17. The van der Waals surface area contributed by atoms with E-state index < -0.39 is 0 Å². The van der Waals surface area contributed by atoms with Gasteiger partial charge in [0.05, 0.1) is 0 Å². The lowest BCUT2D eigenvalue weighted by atomic mass is 9.74. The lowest BCUT2D eigenvalue weighted by molar-refractivity contribution is 0.241. The Balaban J connectivity index is 1.99. The number of aliphatic hydroxyl groups is 1. The number of fused-ring (bicyclic) bond motifs is 1. The van der Waals surface area contributed by atoms with Crippen molar-refractivity contribution in [3.8, 4) is 0 Å². The Labute approximate surface area is 159 Å². The van der Waals surface area contributed by atoms with Crippen LogP contribution in [0.2, 0.25) is 0 Å². The van der Waals surface area contributed by atoms with Crippen LogP contribution in [0.3, 0.4) is 0 Å². The van der Waals surface area contributed by atoms with Gasteiger partial charge in [0.2, 0.25) is 0 Å². The van der Waals surface area contributed by atoms with Gasteiger partial charge in [0.1, 0.15) is 0 Å². The van der Waals surface area contributed by atoms with Gasteiger partial charge >= 0.3 is 0 Å². The zero-order valence-corrected chi connectivity index (χ0v) is 16.9. The van der Waals surface area contributed by atoms with E-state index in [-0.39, 0.29) is 5.41 Å². The number of hydrogen-bond donors (Lipinski definition) is 1. The summed E-state index contributed by atoms with van der Waals surface area (Å²) < 4.78 is 0. The van der Waals surface area contributed by atoms with Gasteiger partial charge in [-0.3, -0.25) is 0 Å². The second-order valence-corrected chi connectivity index (χ2v) is 8.91. The molecule has 1 unspecified atom stereocenters. The van der Waals surface area contributed by atoms with Crippen molar-refractivity contribution in [1.29, 1.82) is 0 Å². The monoisotopic (exact) mass is 353 g/mol. The van der Waals surface area contributed by atoms with E-state index in [2.05, 4.69) is 75.1 Å². The van der Waals surface area contributed by atoms with E-state index in [1.165, 1.54) is 16.8 Å². The summed E-state index contributed by atoms with van der Waals surface area (Å²) in [6, 6.07) is 7.65. The molecule has 0 spiro atoms. The smallest absolute Gasteiger partial charge is 0.0431 e. The second-order valence-electron chi connectivity index (χ2n) is 8.91. The number of benzene rings is 1. The fraction of sp³-hybridized carbons (Fsp3) is 0.583. The van der Waals surface area contributed by atoms with Gasteiger partial charge < -0.3 is 10.0 Å². The van der Waals surface area contributed by atoms with Crippen LogP contribution in [0.5, 0.6) is 0 Å². The van der Waals surface area contributed by atoms with Crippen LogP contribution in [0.15, 0.2) is 42.5 Å². The standard InChI is InChI=1S/C24H35NO/c1-5-25-22-14-13-21(24(2,3)4)17-20(22)16-19(12-9-15-26)23(25)18-10-7-6-8-11-18/h6-8,10,13-14,17-19,23,26H,5,9,11-12,15-16H2,1-4H3/t18?,19-,23-/m0/s1. The first-order valence-corrected chi connectivity index (χ1v) is 10.3. The van der Waals surface area contributed by atoms with Gasteiger partial charge in [-0.15, -0.1) is 0 Å². The molecule has 1 heterocycles. The largest absolute Gasteiger partial charge is 0.396 e. The van der Waals surface area contributed by atoms with Gasteiger partial charge in [-0.2, -0.15) is 0 Å². The topological polar surface area (TPSA) is 23.5 Å². The maximum atomic E-state index is 9.42. The third-order valence-electron chi connectivity index (χ3n) is 6.11. The van der Waals surface area contributed by atoms with Crippen molar-refractivity contribution in [3.63, 3.8) is 0 Å². The van der Waals surface area contributed by atoms with E-state index in [9.17, 15) is 5.11 Å². The highest BCUT2D eigenvalue weighted by molar-refractivity contribution is 5.59. The molecule has 0 saturated heterocycles. The fourth-order valence-electron chi connectivity index (χ4n) is 4.76. The third kappa shape index (κ3) is 3.91. The van der Waals surface area contributed by atoms with E-state index in [1.807, 2.05) is 0 Å². The number of hydrogen-bond acceptors (Lipinski definition) is 2. The van der Waals surface area contributed by atoms with Gasteiger partial charge in [0, 0.05) is 30.8 Å². The van der Waals surface area contributed by atoms with Gasteiger partial charge in [0.15, 0.2) is 0 Å². The van der Waals surface area contributed by atoms with Crippen molar-refractivity contribution in [1.82, 2.24) is 0 Å². The van der Waals surface area contributed by atoms with Crippen LogP contribution in [0.1, 0.15) is 58.1 Å². The molecule has 2 heteroatoms. The van der Waals surface area contributed by atoms with Gasteiger partial charge in [-0.05, 0) is 61.1 Å². The summed E-state index contributed by atoms with van der Waals surface area (Å²) in [5.41, 5.74) is 4.52. The normalized spacial score (nSPS) is 25.4. The molecule has 0 bridgehead atoms. The van der Waals surface area contributed by atoms with Crippen LogP contribution in [-0.4, -0.2) is 24.3 Å². The predicted molar refractivity (Wildman–Crippen MR) is 112 cm³/mol. The molecule has 1 N–H and O–H groups in total. The lowest BCUT2D eigenvalue weighted by Gasteiger charge is -2.47. The molecule has 1 aromatic carbocycles. The van der Waals surface area contributed by atoms with Crippen LogP contribution in [0.25, 0.3) is 0 Å². The van der Waals surface area contributed by atoms with E-state index in [0.717, 1.165) is 32.2 Å². The van der Waals surface area contributed by atoms with Gasteiger partial charge in [-0.25, -0.2) is 0 Å². The molecule has 0 fully saturated rings. The van der Waals surface area contributed by atoms with Gasteiger partial charge in [-0.1, -0.05) is 57.2 Å². The minimum absolute atomic E-state index is 0.181. The highest BCUT2D eigenvalue weighted by atomic mass is 16.2. The Kier molecular flexibility index (Phi) is 5.92. The second kappa shape index (κ2) is 8.00. The van der Waals surface area contributed by atoms with Crippen molar-refractivity contribution >= 4 is 5.69 Å². The summed E-state index contributed by atoms with van der Waals surface area (Å²) in [4.78, 5) is 2.64. The molecular weight excluding hydrogens is 318 g/mol. The molecule has 1 aromatic rings. The number of anilines is 1. The number of nitrogens with zero attached hydrogens (tertiary/aromatic N) is 1. The van der Waals surface area contributed by atoms with Crippen molar-refractivity contribution in [2.75, 3.05) is 18.1 Å². The maximum absolute atomic E-state index is 9.42. The number of rotatable bonds is 5. The molecule has 1 aliphatic carbocycles. The molecule has 3 atom stereocenters. The first kappa shape index (κ1) is 19.2. The molecule has 1 aliphatic heterocycles. The summed E-state index contributed by atoms with van der Waals surface area (Å²) in [5, 5.41) is 9.42. The zero-order valence-electron chi connectivity index (χ0n) is 16.9. The molecule has 2 nitrogen and oxygen atoms in total.